The zero-order valence-corrected chi connectivity index (χ0v) is 17.7. The van der Waals surface area contributed by atoms with Gasteiger partial charge in [-0.3, -0.25) is 9.79 Å². The number of fused-ring (bicyclic) bond motifs is 1. The number of hydrogen-bond acceptors (Lipinski definition) is 4. The van der Waals surface area contributed by atoms with Crippen LogP contribution < -0.4 is 10.2 Å². The summed E-state index contributed by atoms with van der Waals surface area (Å²) < 4.78 is 2.09. The Balaban J connectivity index is 1.42. The minimum Gasteiger partial charge on any atom is -0.507 e. The predicted molar refractivity (Wildman–Crippen MR) is 124 cm³/mol. The predicted octanol–water partition coefficient (Wildman–Crippen LogP) is 3.82. The summed E-state index contributed by atoms with van der Waals surface area (Å²) in [4.78, 5) is 18.6. The van der Waals surface area contributed by atoms with Crippen molar-refractivity contribution in [2.24, 2.45) is 4.99 Å². The third-order valence-electron chi connectivity index (χ3n) is 5.20. The summed E-state index contributed by atoms with van der Waals surface area (Å²) >= 11 is 0. The molecule has 0 fully saturated rings. The molecule has 0 saturated carbocycles. The fourth-order valence-corrected chi connectivity index (χ4v) is 3.50. The molecule has 0 atom stereocenters. The van der Waals surface area contributed by atoms with Crippen LogP contribution >= 0.6 is 0 Å². The van der Waals surface area contributed by atoms with Crippen molar-refractivity contribution >= 4 is 28.7 Å². The maximum absolute atomic E-state index is 12.1. The van der Waals surface area contributed by atoms with Crippen molar-refractivity contribution in [3.63, 3.8) is 0 Å². The van der Waals surface area contributed by atoms with E-state index in [0.29, 0.717) is 31.6 Å². The van der Waals surface area contributed by atoms with Gasteiger partial charge < -0.3 is 19.9 Å². The van der Waals surface area contributed by atoms with E-state index >= 15 is 0 Å². The standard InChI is InChI=1S/C24H30N4O2/c1-3-27(4-2)21-10-9-20(23(29)17-21)18-25-13-14-26-24(30)12-16-28-15-11-19-7-5-6-8-22(19)28/h5-11,15,17-18,29H,3-4,12-14,16H2,1-2H3,(H,26,30). The van der Waals surface area contributed by atoms with Crippen LogP contribution in [0.3, 0.4) is 0 Å². The molecule has 0 aliphatic carbocycles. The number of aryl methyl sites for hydroxylation is 1. The summed E-state index contributed by atoms with van der Waals surface area (Å²) in [7, 11) is 0. The fourth-order valence-electron chi connectivity index (χ4n) is 3.50. The van der Waals surface area contributed by atoms with Crippen LogP contribution in [0.15, 0.2) is 59.7 Å². The Labute approximate surface area is 177 Å². The van der Waals surface area contributed by atoms with Crippen molar-refractivity contribution in [2.75, 3.05) is 31.1 Å². The number of carbonyl (C=O) groups excluding carboxylic acids is 1. The molecule has 0 radical (unpaired) electrons. The normalized spacial score (nSPS) is 11.3. The highest BCUT2D eigenvalue weighted by atomic mass is 16.3. The van der Waals surface area contributed by atoms with Crippen LogP contribution in [0.2, 0.25) is 0 Å². The number of amides is 1. The van der Waals surface area contributed by atoms with Gasteiger partial charge >= 0.3 is 0 Å². The van der Waals surface area contributed by atoms with Crippen LogP contribution in [-0.4, -0.2) is 48.0 Å². The number of rotatable bonds is 10. The number of nitrogens with one attached hydrogen (secondary N) is 1. The fraction of sp³-hybridized carbons (Fsp3) is 0.333. The second-order valence-electron chi connectivity index (χ2n) is 7.12. The molecule has 1 aromatic heterocycles. The van der Waals surface area contributed by atoms with Crippen molar-refractivity contribution < 1.29 is 9.90 Å². The van der Waals surface area contributed by atoms with Gasteiger partial charge in [0.1, 0.15) is 5.75 Å². The smallest absolute Gasteiger partial charge is 0.221 e. The number of phenols is 1. The lowest BCUT2D eigenvalue weighted by Crippen LogP contribution is -2.26. The molecular weight excluding hydrogens is 376 g/mol. The van der Waals surface area contributed by atoms with Crippen LogP contribution in [0.4, 0.5) is 5.69 Å². The number of carbonyl (C=O) groups is 1. The van der Waals surface area contributed by atoms with Gasteiger partial charge in [0.2, 0.25) is 5.91 Å². The zero-order chi connectivity index (χ0) is 21.3. The Morgan fingerprint density at radius 3 is 2.73 bits per heavy atom. The Morgan fingerprint density at radius 1 is 1.17 bits per heavy atom. The van der Waals surface area contributed by atoms with E-state index in [1.54, 1.807) is 12.3 Å². The molecule has 6 nitrogen and oxygen atoms in total. The summed E-state index contributed by atoms with van der Waals surface area (Å²) in [6.07, 6.45) is 4.09. The largest absolute Gasteiger partial charge is 0.507 e. The van der Waals surface area contributed by atoms with Gasteiger partial charge in [0.25, 0.3) is 0 Å². The topological polar surface area (TPSA) is 69.9 Å². The molecule has 2 aromatic carbocycles. The second kappa shape index (κ2) is 10.5. The first kappa shape index (κ1) is 21.4. The first-order valence-corrected chi connectivity index (χ1v) is 10.5. The molecule has 0 aliphatic rings. The van der Waals surface area contributed by atoms with E-state index < -0.39 is 0 Å². The van der Waals surface area contributed by atoms with Crippen LogP contribution in [0.1, 0.15) is 25.8 Å². The van der Waals surface area contributed by atoms with Gasteiger partial charge in [0.15, 0.2) is 0 Å². The van der Waals surface area contributed by atoms with Crippen LogP contribution in [0.5, 0.6) is 5.75 Å². The molecule has 1 amide bonds. The highest BCUT2D eigenvalue weighted by Crippen LogP contribution is 2.23. The molecule has 0 spiro atoms. The first-order valence-electron chi connectivity index (χ1n) is 10.5. The van der Waals surface area contributed by atoms with Crippen molar-refractivity contribution in [2.45, 2.75) is 26.8 Å². The van der Waals surface area contributed by atoms with Crippen LogP contribution in [-0.2, 0) is 11.3 Å². The van der Waals surface area contributed by atoms with Gasteiger partial charge in [-0.05, 0) is 43.5 Å². The van der Waals surface area contributed by atoms with E-state index in [1.807, 2.05) is 30.5 Å². The van der Waals surface area contributed by atoms with E-state index in [0.717, 1.165) is 24.3 Å². The molecule has 158 valence electrons. The van der Waals surface area contributed by atoms with Gasteiger partial charge in [0, 0.05) is 67.8 Å². The molecule has 0 bridgehead atoms. The minimum atomic E-state index is 0.00871. The molecule has 0 saturated heterocycles. The first-order chi connectivity index (χ1) is 14.6. The molecule has 1 heterocycles. The van der Waals surface area contributed by atoms with Gasteiger partial charge in [-0.25, -0.2) is 0 Å². The molecular formula is C24H30N4O2. The highest BCUT2D eigenvalue weighted by molar-refractivity contribution is 5.84. The summed E-state index contributed by atoms with van der Waals surface area (Å²) in [5.74, 6) is 0.223. The summed E-state index contributed by atoms with van der Waals surface area (Å²) in [5.41, 5.74) is 2.82. The maximum Gasteiger partial charge on any atom is 0.221 e. The maximum atomic E-state index is 12.1. The molecule has 2 N–H and O–H groups in total. The quantitative estimate of drug-likeness (QED) is 0.397. The lowest BCUT2D eigenvalue weighted by Gasteiger charge is -2.21. The lowest BCUT2D eigenvalue weighted by atomic mass is 10.2. The number of aliphatic imine (C=N–C) groups is 1. The van der Waals surface area contributed by atoms with Crippen molar-refractivity contribution in [1.82, 2.24) is 9.88 Å². The lowest BCUT2D eigenvalue weighted by molar-refractivity contribution is -0.121. The average Bonchev–Trinajstić information content (AvgIpc) is 3.17. The number of nitrogens with zero attached hydrogens (tertiary/aromatic N) is 3. The molecule has 6 heteroatoms. The summed E-state index contributed by atoms with van der Waals surface area (Å²) in [6, 6.07) is 15.8. The zero-order valence-electron chi connectivity index (χ0n) is 17.7. The van der Waals surface area contributed by atoms with E-state index in [1.165, 1.54) is 5.39 Å². The van der Waals surface area contributed by atoms with E-state index in [4.69, 9.17) is 0 Å². The Hall–Kier alpha value is -3.28. The Morgan fingerprint density at radius 2 is 1.97 bits per heavy atom. The molecule has 0 unspecified atom stereocenters. The SMILES string of the molecule is CCN(CC)c1ccc(C=NCCNC(=O)CCn2ccc3ccccc32)c(O)c1. The second-order valence-corrected chi connectivity index (χ2v) is 7.12. The van der Waals surface area contributed by atoms with Gasteiger partial charge in [-0.1, -0.05) is 18.2 Å². The van der Waals surface area contributed by atoms with Crippen LogP contribution in [0.25, 0.3) is 10.9 Å². The van der Waals surface area contributed by atoms with E-state index in [9.17, 15) is 9.90 Å². The number of phenolic OH excluding ortho intramolecular Hbond substituents is 1. The summed E-state index contributed by atoms with van der Waals surface area (Å²) in [6.45, 7) is 7.55. The van der Waals surface area contributed by atoms with Crippen LogP contribution in [0, 0.1) is 0 Å². The molecule has 0 aliphatic heterocycles. The average molecular weight is 407 g/mol. The third-order valence-corrected chi connectivity index (χ3v) is 5.20. The highest BCUT2D eigenvalue weighted by Gasteiger charge is 2.06. The number of aromatic hydroxyl groups is 1. The van der Waals surface area contributed by atoms with Gasteiger partial charge in [-0.15, -0.1) is 0 Å². The number of hydrogen-bond donors (Lipinski definition) is 2. The Kier molecular flexibility index (Phi) is 7.49. The van der Waals surface area contributed by atoms with Crippen molar-refractivity contribution in [3.05, 3.63) is 60.3 Å². The third kappa shape index (κ3) is 5.41. The molecule has 3 aromatic rings. The molecule has 30 heavy (non-hydrogen) atoms. The number of benzene rings is 2. The van der Waals surface area contributed by atoms with Gasteiger partial charge in [-0.2, -0.15) is 0 Å². The number of aromatic nitrogens is 1. The number of para-hydroxylation sites is 1. The molecule has 3 rings (SSSR count). The van der Waals surface area contributed by atoms with E-state index in [2.05, 4.69) is 51.8 Å². The Bertz CT molecular complexity index is 1010. The van der Waals surface area contributed by atoms with Gasteiger partial charge in [0.05, 0.1) is 6.54 Å². The summed E-state index contributed by atoms with van der Waals surface area (Å²) in [5, 5.41) is 14.3. The minimum absolute atomic E-state index is 0.00871. The monoisotopic (exact) mass is 406 g/mol. The van der Waals surface area contributed by atoms with Crippen molar-refractivity contribution in [3.8, 4) is 5.75 Å². The van der Waals surface area contributed by atoms with E-state index in [-0.39, 0.29) is 11.7 Å². The van der Waals surface area contributed by atoms with Crippen molar-refractivity contribution in [1.29, 1.82) is 0 Å². The number of anilines is 1.